The van der Waals surface area contributed by atoms with Crippen LogP contribution in [-0.2, 0) is 4.79 Å². The van der Waals surface area contributed by atoms with E-state index in [1.54, 1.807) is 6.20 Å². The molecule has 1 aromatic heterocycles. The molecule has 0 aliphatic carbocycles. The molecule has 5 nitrogen and oxygen atoms in total. The van der Waals surface area contributed by atoms with Gasteiger partial charge in [-0.15, -0.1) is 0 Å². The van der Waals surface area contributed by atoms with Gasteiger partial charge in [-0.05, 0) is 41.9 Å². The summed E-state index contributed by atoms with van der Waals surface area (Å²) in [6.07, 6.45) is 3.24. The number of para-hydroxylation sites is 1. The number of aromatic nitrogens is 1. The van der Waals surface area contributed by atoms with Crippen LogP contribution in [-0.4, -0.2) is 16.1 Å². The van der Waals surface area contributed by atoms with Crippen molar-refractivity contribution in [3.63, 3.8) is 0 Å². The van der Waals surface area contributed by atoms with E-state index in [9.17, 15) is 4.79 Å². The molecule has 0 amide bonds. The Morgan fingerprint density at radius 3 is 2.42 bits per heavy atom. The van der Waals surface area contributed by atoms with Crippen LogP contribution in [0.2, 0.25) is 0 Å². The molecule has 0 aliphatic rings. The number of ether oxygens (including phenoxy) is 1. The van der Waals surface area contributed by atoms with Gasteiger partial charge in [0.05, 0.1) is 0 Å². The van der Waals surface area contributed by atoms with Crippen LogP contribution in [0.15, 0.2) is 48.7 Å². The molecular formula is C21H28N2O3. The summed E-state index contributed by atoms with van der Waals surface area (Å²) in [5.74, 6) is 0.703. The predicted octanol–water partition coefficient (Wildman–Crippen LogP) is 4.79. The zero-order valence-electron chi connectivity index (χ0n) is 15.7. The van der Waals surface area contributed by atoms with Gasteiger partial charge in [-0.25, -0.2) is 4.98 Å². The van der Waals surface area contributed by atoms with Gasteiger partial charge in [0.15, 0.2) is 0 Å². The van der Waals surface area contributed by atoms with Gasteiger partial charge < -0.3 is 15.6 Å². The van der Waals surface area contributed by atoms with Crippen LogP contribution in [0.25, 0.3) is 0 Å². The van der Waals surface area contributed by atoms with E-state index < -0.39 is 5.97 Å². The highest BCUT2D eigenvalue weighted by molar-refractivity contribution is 5.66. The van der Waals surface area contributed by atoms with Crippen molar-refractivity contribution >= 4 is 5.97 Å². The van der Waals surface area contributed by atoms with Gasteiger partial charge in [-0.1, -0.05) is 45.0 Å². The van der Waals surface area contributed by atoms with E-state index in [0.29, 0.717) is 12.3 Å². The van der Waals surface area contributed by atoms with Gasteiger partial charge in [0.2, 0.25) is 5.88 Å². The number of nitrogens with zero attached hydrogens (tertiary/aromatic N) is 1. The summed E-state index contributed by atoms with van der Waals surface area (Å²) in [6, 6.07) is 13.0. The maximum absolute atomic E-state index is 10.9. The average molecular weight is 356 g/mol. The van der Waals surface area contributed by atoms with Crippen molar-refractivity contribution < 1.29 is 14.6 Å². The number of benzene rings is 1. The molecule has 0 spiro atoms. The van der Waals surface area contributed by atoms with Gasteiger partial charge in [-0.3, -0.25) is 4.79 Å². The largest absolute Gasteiger partial charge is 0.481 e. The van der Waals surface area contributed by atoms with E-state index in [2.05, 4.69) is 25.8 Å². The number of nitrogens with two attached hydrogens (primary N) is 1. The average Bonchev–Trinajstić information content (AvgIpc) is 2.58. The summed E-state index contributed by atoms with van der Waals surface area (Å²) in [5, 5.41) is 8.98. The minimum Gasteiger partial charge on any atom is -0.481 e. The summed E-state index contributed by atoms with van der Waals surface area (Å²) in [7, 11) is 0. The zero-order valence-corrected chi connectivity index (χ0v) is 15.7. The van der Waals surface area contributed by atoms with Gasteiger partial charge in [0.1, 0.15) is 5.75 Å². The Hall–Kier alpha value is -2.40. The molecule has 2 rings (SSSR count). The Labute approximate surface area is 155 Å². The molecule has 140 valence electrons. The fraction of sp³-hybridized carbons (Fsp3) is 0.429. The quantitative estimate of drug-likeness (QED) is 0.710. The van der Waals surface area contributed by atoms with E-state index >= 15 is 0 Å². The minimum atomic E-state index is -0.767. The summed E-state index contributed by atoms with van der Waals surface area (Å²) in [4.78, 5) is 15.3. The van der Waals surface area contributed by atoms with Crippen LogP contribution in [0.5, 0.6) is 11.6 Å². The molecule has 0 bridgehead atoms. The fourth-order valence-corrected chi connectivity index (χ4v) is 2.93. The van der Waals surface area contributed by atoms with E-state index in [0.717, 1.165) is 17.7 Å². The standard InChI is InChI=1S/C21H28N2O3/c1-21(2,3)16(10-12-20(24)25)13-18(22)15-9-11-19(23-14-15)26-17-7-5-4-6-8-17/h4-9,11,14,16,18H,10,12-13,22H2,1-3H3,(H,24,25)/t16?,18-/m1/s1. The van der Waals surface area contributed by atoms with Crippen LogP contribution in [0, 0.1) is 11.3 Å². The lowest BCUT2D eigenvalue weighted by molar-refractivity contribution is -0.137. The Kier molecular flexibility index (Phi) is 6.75. The number of rotatable bonds is 8. The van der Waals surface area contributed by atoms with Crippen molar-refractivity contribution in [3.05, 3.63) is 54.2 Å². The maximum atomic E-state index is 10.9. The second kappa shape index (κ2) is 8.81. The Balaban J connectivity index is 2.01. The van der Waals surface area contributed by atoms with Crippen LogP contribution in [0.3, 0.4) is 0 Å². The maximum Gasteiger partial charge on any atom is 0.303 e. The Bertz CT molecular complexity index is 693. The number of hydrogen-bond acceptors (Lipinski definition) is 4. The molecular weight excluding hydrogens is 328 g/mol. The van der Waals surface area contributed by atoms with Crippen molar-refractivity contribution in [3.8, 4) is 11.6 Å². The van der Waals surface area contributed by atoms with E-state index in [-0.39, 0.29) is 23.8 Å². The lowest BCUT2D eigenvalue weighted by Crippen LogP contribution is -2.26. The molecule has 1 heterocycles. The van der Waals surface area contributed by atoms with Crippen LogP contribution in [0.4, 0.5) is 0 Å². The van der Waals surface area contributed by atoms with E-state index in [1.165, 1.54) is 0 Å². The molecule has 1 aromatic carbocycles. The molecule has 26 heavy (non-hydrogen) atoms. The Morgan fingerprint density at radius 1 is 1.19 bits per heavy atom. The summed E-state index contributed by atoms with van der Waals surface area (Å²) < 4.78 is 5.70. The van der Waals surface area contributed by atoms with Gasteiger partial charge >= 0.3 is 5.97 Å². The highest BCUT2D eigenvalue weighted by atomic mass is 16.5. The molecule has 2 aromatic rings. The molecule has 0 aliphatic heterocycles. The first-order chi connectivity index (χ1) is 12.3. The third-order valence-corrected chi connectivity index (χ3v) is 4.62. The van der Waals surface area contributed by atoms with Gasteiger partial charge in [-0.2, -0.15) is 0 Å². The molecule has 3 N–H and O–H groups in total. The molecule has 0 saturated carbocycles. The molecule has 1 unspecified atom stereocenters. The predicted molar refractivity (Wildman–Crippen MR) is 102 cm³/mol. The number of carboxylic acid groups (broad SMARTS) is 1. The van der Waals surface area contributed by atoms with Crippen LogP contribution < -0.4 is 10.5 Å². The topological polar surface area (TPSA) is 85.4 Å². The minimum absolute atomic E-state index is 0.00312. The molecule has 0 radical (unpaired) electrons. The van der Waals surface area contributed by atoms with Crippen LogP contribution >= 0.6 is 0 Å². The second-order valence-electron chi connectivity index (χ2n) is 7.68. The third-order valence-electron chi connectivity index (χ3n) is 4.62. The van der Waals surface area contributed by atoms with Crippen molar-refractivity contribution in [1.29, 1.82) is 0 Å². The third kappa shape index (κ3) is 6.15. The number of aliphatic carboxylic acids is 1. The first kappa shape index (κ1) is 19.9. The van der Waals surface area contributed by atoms with E-state index in [4.69, 9.17) is 15.6 Å². The number of pyridine rings is 1. The second-order valence-corrected chi connectivity index (χ2v) is 7.68. The van der Waals surface area contributed by atoms with Gasteiger partial charge in [0.25, 0.3) is 0 Å². The molecule has 5 heteroatoms. The smallest absolute Gasteiger partial charge is 0.303 e. The number of carbonyl (C=O) groups is 1. The molecule has 0 fully saturated rings. The number of hydrogen-bond donors (Lipinski definition) is 2. The lowest BCUT2D eigenvalue weighted by atomic mass is 9.74. The van der Waals surface area contributed by atoms with E-state index in [1.807, 2.05) is 42.5 Å². The SMILES string of the molecule is CC(C)(C)C(CCC(=O)O)C[C@@H](N)c1ccc(Oc2ccccc2)nc1. The highest BCUT2D eigenvalue weighted by Gasteiger charge is 2.27. The summed E-state index contributed by atoms with van der Waals surface area (Å²) in [5.41, 5.74) is 7.30. The normalized spacial score (nSPS) is 13.8. The summed E-state index contributed by atoms with van der Waals surface area (Å²) >= 11 is 0. The van der Waals surface area contributed by atoms with Crippen molar-refractivity contribution in [1.82, 2.24) is 4.98 Å². The summed E-state index contributed by atoms with van der Waals surface area (Å²) in [6.45, 7) is 6.38. The first-order valence-corrected chi connectivity index (χ1v) is 8.92. The molecule has 2 atom stereocenters. The van der Waals surface area contributed by atoms with Crippen molar-refractivity contribution in [2.75, 3.05) is 0 Å². The lowest BCUT2D eigenvalue weighted by Gasteiger charge is -2.32. The number of carboxylic acids is 1. The fourth-order valence-electron chi connectivity index (χ4n) is 2.93. The monoisotopic (exact) mass is 356 g/mol. The van der Waals surface area contributed by atoms with Crippen molar-refractivity contribution in [2.24, 2.45) is 17.1 Å². The first-order valence-electron chi connectivity index (χ1n) is 8.92. The van der Waals surface area contributed by atoms with Crippen LogP contribution in [0.1, 0.15) is 51.6 Å². The zero-order chi connectivity index (χ0) is 19.2. The van der Waals surface area contributed by atoms with Crippen molar-refractivity contribution in [2.45, 2.75) is 46.1 Å². The Morgan fingerprint density at radius 2 is 1.88 bits per heavy atom. The van der Waals surface area contributed by atoms with Gasteiger partial charge in [0, 0.05) is 24.7 Å². The molecule has 0 saturated heterocycles. The highest BCUT2D eigenvalue weighted by Crippen LogP contribution is 2.36.